The maximum absolute atomic E-state index is 11.5. The minimum Gasteiger partial charge on any atom is -0.481 e. The Hall–Kier alpha value is -5.07. The normalized spacial score (nSPS) is 17.1. The van der Waals surface area contributed by atoms with E-state index in [0.29, 0.717) is 31.5 Å². The SMILES string of the molecule is CCC1=C(C)c2cc3[nH]c(cc4nc(cc5[nH]c(cc1n2)c(C)c5CCC(=O)O)C(CCC(=O)O)=C4C)c(C)c3CC.O=C(O)[C@@H]1CC(O)CN1. The number of aromatic amines is 2. The molecule has 6 rings (SSSR count). The Morgan fingerprint density at radius 3 is 1.69 bits per heavy atom. The largest absolute Gasteiger partial charge is 0.481 e. The van der Waals surface area contributed by atoms with Gasteiger partial charge in [0.1, 0.15) is 6.04 Å². The molecule has 12 nitrogen and oxygen atoms in total. The number of aromatic nitrogens is 4. The highest BCUT2D eigenvalue weighted by molar-refractivity contribution is 5.95. The molecule has 8 bridgehead atoms. The number of nitrogens with one attached hydrogen (secondary N) is 3. The first-order chi connectivity index (χ1) is 24.2. The highest BCUT2D eigenvalue weighted by atomic mass is 16.4. The number of rotatable bonds is 9. The number of aliphatic hydroxyl groups is 1. The molecule has 7 N–H and O–H groups in total. The molecule has 12 heteroatoms. The number of carbonyl (C=O) groups is 3. The number of fused-ring (bicyclic) bond motifs is 8. The Morgan fingerprint density at radius 1 is 0.686 bits per heavy atom. The zero-order valence-corrected chi connectivity index (χ0v) is 30.0. The Bertz CT molecular complexity index is 2120. The number of hydrogen-bond donors (Lipinski definition) is 7. The topological polar surface area (TPSA) is 202 Å². The second kappa shape index (κ2) is 15.4. The highest BCUT2D eigenvalue weighted by Gasteiger charge is 2.27. The zero-order chi connectivity index (χ0) is 37.1. The van der Waals surface area contributed by atoms with Gasteiger partial charge >= 0.3 is 17.9 Å². The summed E-state index contributed by atoms with van der Waals surface area (Å²) in [5.74, 6) is -2.61. The number of aliphatic hydroxyl groups excluding tert-OH is 1. The molecule has 3 aromatic rings. The summed E-state index contributed by atoms with van der Waals surface area (Å²) in [7, 11) is 0. The zero-order valence-electron chi connectivity index (χ0n) is 30.0. The first-order valence-electron chi connectivity index (χ1n) is 17.4. The maximum atomic E-state index is 11.5. The predicted octanol–water partition coefficient (Wildman–Crippen LogP) is 6.44. The number of allylic oxidation sites excluding steroid dienone is 4. The Morgan fingerprint density at radius 2 is 1.18 bits per heavy atom. The van der Waals surface area contributed by atoms with Crippen molar-refractivity contribution in [3.8, 4) is 0 Å². The van der Waals surface area contributed by atoms with Crippen LogP contribution in [0.3, 0.4) is 0 Å². The van der Waals surface area contributed by atoms with Crippen molar-refractivity contribution in [3.63, 3.8) is 0 Å². The van der Waals surface area contributed by atoms with Crippen molar-refractivity contribution in [2.75, 3.05) is 6.54 Å². The highest BCUT2D eigenvalue weighted by Crippen LogP contribution is 2.37. The van der Waals surface area contributed by atoms with Gasteiger partial charge < -0.3 is 35.7 Å². The van der Waals surface area contributed by atoms with Gasteiger partial charge in [0.05, 0.1) is 28.9 Å². The summed E-state index contributed by atoms with van der Waals surface area (Å²) in [4.78, 5) is 50.5. The number of carboxylic acids is 3. The van der Waals surface area contributed by atoms with E-state index in [1.54, 1.807) is 0 Å². The van der Waals surface area contributed by atoms with E-state index in [4.69, 9.17) is 20.2 Å². The van der Waals surface area contributed by atoms with Crippen LogP contribution in [0.25, 0.3) is 44.4 Å². The minimum absolute atomic E-state index is 0.00162. The van der Waals surface area contributed by atoms with Gasteiger partial charge in [0.25, 0.3) is 0 Å². The molecular weight excluding hydrogens is 650 g/mol. The molecule has 1 fully saturated rings. The number of nitrogens with zero attached hydrogens (tertiary/aromatic N) is 2. The second-order valence-corrected chi connectivity index (χ2v) is 13.3. The van der Waals surface area contributed by atoms with Gasteiger partial charge in [-0.1, -0.05) is 13.8 Å². The molecular formula is C39H47N5O7. The molecule has 3 aliphatic heterocycles. The lowest BCUT2D eigenvalue weighted by molar-refractivity contribution is -0.139. The number of aliphatic carboxylic acids is 3. The molecule has 2 atom stereocenters. The molecule has 0 radical (unpaired) electrons. The van der Waals surface area contributed by atoms with Crippen LogP contribution in [0.2, 0.25) is 0 Å². The average molecular weight is 698 g/mol. The third-order valence-corrected chi connectivity index (χ3v) is 10.1. The van der Waals surface area contributed by atoms with Gasteiger partial charge in [-0.3, -0.25) is 14.4 Å². The van der Waals surface area contributed by atoms with Gasteiger partial charge in [-0.25, -0.2) is 9.97 Å². The second-order valence-electron chi connectivity index (χ2n) is 13.3. The van der Waals surface area contributed by atoms with E-state index in [1.807, 2.05) is 26.0 Å². The fourth-order valence-electron chi connectivity index (χ4n) is 7.12. The number of H-pyrrole nitrogens is 2. The molecule has 270 valence electrons. The Labute approximate surface area is 296 Å². The van der Waals surface area contributed by atoms with E-state index >= 15 is 0 Å². The summed E-state index contributed by atoms with van der Waals surface area (Å²) in [6.45, 7) is 12.9. The number of hydrogen-bond acceptors (Lipinski definition) is 7. The third kappa shape index (κ3) is 7.97. The van der Waals surface area contributed by atoms with Crippen LogP contribution in [0, 0.1) is 13.8 Å². The summed E-state index contributed by atoms with van der Waals surface area (Å²) in [5.41, 5.74) is 15.4. The van der Waals surface area contributed by atoms with Crippen LogP contribution in [-0.2, 0) is 27.2 Å². The molecule has 3 aromatic heterocycles. The standard InChI is InChI=1S/C34H38N4O4.C5H9NO3/c1-7-21-17(3)25-13-26-19(5)23(9-11-33(39)40)31(37-26)16-32-24(10-12-34(41)42)20(6)28(38-32)15-30-22(8-2)18(4)27(36-30)14-29(21)35-25;7-3-1-4(5(8)9)6-2-3/h13-16,35,38H,7-12H2,1-6H3,(H,39,40)(H,41,42);3-4,6-7H,1-2H2,(H,8,9)/t;3?,4-/m.0/s1. The first kappa shape index (κ1) is 37.2. The molecule has 6 heterocycles. The first-order valence-corrected chi connectivity index (χ1v) is 17.4. The number of β-amino-alcohol motifs (C(OH)–C–C–N with tert-alkyl or cyclic N) is 1. The monoisotopic (exact) mass is 697 g/mol. The van der Waals surface area contributed by atoms with Crippen molar-refractivity contribution < 1.29 is 34.8 Å². The van der Waals surface area contributed by atoms with Crippen LogP contribution in [0.15, 0.2) is 24.3 Å². The summed E-state index contributed by atoms with van der Waals surface area (Å²) in [5, 5.41) is 38.8. The lowest BCUT2D eigenvalue weighted by Crippen LogP contribution is -2.29. The van der Waals surface area contributed by atoms with Crippen LogP contribution in [0.4, 0.5) is 0 Å². The summed E-state index contributed by atoms with van der Waals surface area (Å²) >= 11 is 0. The van der Waals surface area contributed by atoms with Gasteiger partial charge in [-0.15, -0.1) is 0 Å². The van der Waals surface area contributed by atoms with E-state index < -0.39 is 30.1 Å². The Kier molecular flexibility index (Phi) is 11.3. The van der Waals surface area contributed by atoms with Gasteiger partial charge in [-0.05, 0) is 122 Å². The fraction of sp³-hybridized carbons (Fsp3) is 0.410. The van der Waals surface area contributed by atoms with Gasteiger partial charge in [-0.2, -0.15) is 0 Å². The molecule has 0 amide bonds. The van der Waals surface area contributed by atoms with Crippen molar-refractivity contribution in [2.24, 2.45) is 0 Å². The molecule has 0 aromatic carbocycles. The van der Waals surface area contributed by atoms with Crippen molar-refractivity contribution in [2.45, 2.75) is 98.6 Å². The lowest BCUT2D eigenvalue weighted by atomic mass is 10.00. The van der Waals surface area contributed by atoms with Gasteiger partial charge in [0.15, 0.2) is 0 Å². The van der Waals surface area contributed by atoms with Crippen molar-refractivity contribution >= 4 is 62.3 Å². The molecule has 0 spiro atoms. The molecule has 0 saturated carbocycles. The summed E-state index contributed by atoms with van der Waals surface area (Å²) in [6, 6.07) is 7.65. The number of aryl methyl sites for hydroxylation is 4. The van der Waals surface area contributed by atoms with E-state index in [1.165, 1.54) is 11.1 Å². The number of carboxylic acid groups (broad SMARTS) is 3. The van der Waals surface area contributed by atoms with E-state index in [-0.39, 0.29) is 12.8 Å². The van der Waals surface area contributed by atoms with Crippen LogP contribution >= 0.6 is 0 Å². The van der Waals surface area contributed by atoms with Crippen LogP contribution in [0.5, 0.6) is 0 Å². The average Bonchev–Trinajstić information content (AvgIpc) is 3.85. The van der Waals surface area contributed by atoms with E-state index in [2.05, 4.69) is 55.1 Å². The van der Waals surface area contributed by atoms with Crippen LogP contribution in [0.1, 0.15) is 105 Å². The summed E-state index contributed by atoms with van der Waals surface area (Å²) < 4.78 is 0. The van der Waals surface area contributed by atoms with E-state index in [0.717, 1.165) is 85.4 Å². The molecule has 1 saturated heterocycles. The quantitative estimate of drug-likeness (QED) is 0.130. The van der Waals surface area contributed by atoms with Gasteiger partial charge in [0.2, 0.25) is 0 Å². The lowest BCUT2D eigenvalue weighted by Gasteiger charge is -2.03. The van der Waals surface area contributed by atoms with E-state index in [9.17, 15) is 24.6 Å². The summed E-state index contributed by atoms with van der Waals surface area (Å²) in [6.07, 6.45) is 2.24. The molecule has 3 aliphatic rings. The van der Waals surface area contributed by atoms with Crippen molar-refractivity contribution in [3.05, 3.63) is 69.3 Å². The fourth-order valence-corrected chi connectivity index (χ4v) is 7.12. The predicted molar refractivity (Wildman–Crippen MR) is 198 cm³/mol. The van der Waals surface area contributed by atoms with Crippen molar-refractivity contribution in [1.82, 2.24) is 25.3 Å². The van der Waals surface area contributed by atoms with Crippen LogP contribution in [-0.4, -0.2) is 77.0 Å². The smallest absolute Gasteiger partial charge is 0.320 e. The van der Waals surface area contributed by atoms with Crippen molar-refractivity contribution in [1.29, 1.82) is 0 Å². The molecule has 51 heavy (non-hydrogen) atoms. The molecule has 1 unspecified atom stereocenters. The maximum Gasteiger partial charge on any atom is 0.320 e. The van der Waals surface area contributed by atoms with Gasteiger partial charge in [0, 0.05) is 47.9 Å². The van der Waals surface area contributed by atoms with Crippen LogP contribution < -0.4 is 5.32 Å². The minimum atomic E-state index is -0.883. The third-order valence-electron chi connectivity index (χ3n) is 10.1. The molecule has 0 aliphatic carbocycles. The Balaban J connectivity index is 0.000000488.